The minimum atomic E-state index is -0.167. The zero-order valence-electron chi connectivity index (χ0n) is 15.6. The maximum atomic E-state index is 12.4. The lowest BCUT2D eigenvalue weighted by molar-refractivity contribution is -0.117. The lowest BCUT2D eigenvalue weighted by atomic mass is 10.1. The quantitative estimate of drug-likeness (QED) is 0.816. The SMILES string of the molecule is COc1ccc(OC[C@H](C)NC(=O)c2ccc(N3CCCC3=O)cc2)cc1. The van der Waals surface area contributed by atoms with Crippen LogP contribution in [0.4, 0.5) is 5.69 Å². The highest BCUT2D eigenvalue weighted by atomic mass is 16.5. The highest BCUT2D eigenvalue weighted by Crippen LogP contribution is 2.21. The molecule has 0 spiro atoms. The van der Waals surface area contributed by atoms with Crippen molar-refractivity contribution in [3.63, 3.8) is 0 Å². The van der Waals surface area contributed by atoms with Crippen molar-refractivity contribution < 1.29 is 19.1 Å². The normalized spacial score (nSPS) is 14.7. The molecule has 1 fully saturated rings. The van der Waals surface area contributed by atoms with E-state index in [4.69, 9.17) is 9.47 Å². The molecule has 0 aliphatic carbocycles. The molecule has 3 rings (SSSR count). The van der Waals surface area contributed by atoms with Gasteiger partial charge in [0, 0.05) is 24.2 Å². The third kappa shape index (κ3) is 4.78. The van der Waals surface area contributed by atoms with Crippen molar-refractivity contribution in [3.8, 4) is 11.5 Å². The molecule has 0 aromatic heterocycles. The van der Waals surface area contributed by atoms with E-state index in [-0.39, 0.29) is 17.9 Å². The second kappa shape index (κ2) is 8.58. The Labute approximate surface area is 159 Å². The number of nitrogens with zero attached hydrogens (tertiary/aromatic N) is 1. The Balaban J connectivity index is 1.50. The lowest BCUT2D eigenvalue weighted by Crippen LogP contribution is -2.36. The highest BCUT2D eigenvalue weighted by molar-refractivity contribution is 5.97. The van der Waals surface area contributed by atoms with Gasteiger partial charge in [0.25, 0.3) is 5.91 Å². The van der Waals surface area contributed by atoms with Crippen LogP contribution in [0.15, 0.2) is 48.5 Å². The fourth-order valence-corrected chi connectivity index (χ4v) is 2.96. The van der Waals surface area contributed by atoms with Crippen molar-refractivity contribution in [1.29, 1.82) is 0 Å². The second-order valence-corrected chi connectivity index (χ2v) is 6.56. The van der Waals surface area contributed by atoms with Crippen molar-refractivity contribution in [3.05, 3.63) is 54.1 Å². The number of carbonyl (C=O) groups excluding carboxylic acids is 2. The molecule has 6 heteroatoms. The number of amides is 2. The molecule has 0 radical (unpaired) electrons. The number of methoxy groups -OCH3 is 1. The second-order valence-electron chi connectivity index (χ2n) is 6.56. The predicted molar refractivity (Wildman–Crippen MR) is 103 cm³/mol. The van der Waals surface area contributed by atoms with Gasteiger partial charge in [-0.2, -0.15) is 0 Å². The maximum Gasteiger partial charge on any atom is 0.251 e. The molecule has 2 amide bonds. The van der Waals surface area contributed by atoms with E-state index in [9.17, 15) is 9.59 Å². The Bertz CT molecular complexity index is 787. The monoisotopic (exact) mass is 368 g/mol. The molecule has 1 aliphatic heterocycles. The number of anilines is 1. The molecular weight excluding hydrogens is 344 g/mol. The molecule has 1 N–H and O–H groups in total. The minimum Gasteiger partial charge on any atom is -0.497 e. The Kier molecular flexibility index (Phi) is 5.96. The van der Waals surface area contributed by atoms with Gasteiger partial charge in [-0.3, -0.25) is 9.59 Å². The average Bonchev–Trinajstić information content (AvgIpc) is 3.12. The van der Waals surface area contributed by atoms with E-state index in [1.54, 1.807) is 24.1 Å². The first-order valence-corrected chi connectivity index (χ1v) is 9.05. The van der Waals surface area contributed by atoms with Crippen LogP contribution in [0.25, 0.3) is 0 Å². The van der Waals surface area contributed by atoms with Crippen LogP contribution in [0.1, 0.15) is 30.1 Å². The zero-order chi connectivity index (χ0) is 19.2. The molecule has 0 saturated carbocycles. The van der Waals surface area contributed by atoms with Gasteiger partial charge in [0.2, 0.25) is 5.91 Å². The van der Waals surface area contributed by atoms with Gasteiger partial charge in [-0.15, -0.1) is 0 Å². The summed E-state index contributed by atoms with van der Waals surface area (Å²) in [5, 5.41) is 2.92. The van der Waals surface area contributed by atoms with Gasteiger partial charge in [0.05, 0.1) is 13.2 Å². The summed E-state index contributed by atoms with van der Waals surface area (Å²) in [6.45, 7) is 2.99. The molecule has 0 unspecified atom stereocenters. The molecule has 142 valence electrons. The van der Waals surface area contributed by atoms with E-state index in [0.29, 0.717) is 18.6 Å². The van der Waals surface area contributed by atoms with Crippen LogP contribution >= 0.6 is 0 Å². The molecule has 1 atom stereocenters. The predicted octanol–water partition coefficient (Wildman–Crippen LogP) is 3.02. The summed E-state index contributed by atoms with van der Waals surface area (Å²) in [6.07, 6.45) is 1.47. The summed E-state index contributed by atoms with van der Waals surface area (Å²) in [5.41, 5.74) is 1.40. The molecule has 1 heterocycles. The van der Waals surface area contributed by atoms with Gasteiger partial charge in [-0.1, -0.05) is 0 Å². The summed E-state index contributed by atoms with van der Waals surface area (Å²) in [6, 6.07) is 14.3. The third-order valence-corrected chi connectivity index (χ3v) is 4.45. The molecule has 2 aromatic carbocycles. The summed E-state index contributed by atoms with van der Waals surface area (Å²) < 4.78 is 10.8. The number of nitrogens with one attached hydrogen (secondary N) is 1. The van der Waals surface area contributed by atoms with Crippen LogP contribution in [0.2, 0.25) is 0 Å². The Hall–Kier alpha value is -3.02. The lowest BCUT2D eigenvalue weighted by Gasteiger charge is -2.17. The van der Waals surface area contributed by atoms with Crippen molar-refractivity contribution in [2.45, 2.75) is 25.8 Å². The standard InChI is InChI=1S/C21H24N2O4/c1-15(14-27-19-11-9-18(26-2)10-12-19)22-21(25)16-5-7-17(8-6-16)23-13-3-4-20(23)24/h5-12,15H,3-4,13-14H2,1-2H3,(H,22,25)/t15-/m0/s1. The van der Waals surface area contributed by atoms with Crippen molar-refractivity contribution in [2.75, 3.05) is 25.2 Å². The maximum absolute atomic E-state index is 12.4. The van der Waals surface area contributed by atoms with E-state index in [1.807, 2.05) is 43.3 Å². The average molecular weight is 368 g/mol. The molecule has 1 saturated heterocycles. The van der Waals surface area contributed by atoms with Crippen LogP contribution in [0.3, 0.4) is 0 Å². The van der Waals surface area contributed by atoms with Crippen LogP contribution in [0, 0.1) is 0 Å². The van der Waals surface area contributed by atoms with Crippen LogP contribution in [-0.2, 0) is 4.79 Å². The molecule has 1 aliphatic rings. The molecule has 6 nitrogen and oxygen atoms in total. The fourth-order valence-electron chi connectivity index (χ4n) is 2.96. The van der Waals surface area contributed by atoms with Gasteiger partial charge < -0.3 is 19.7 Å². The molecule has 0 bridgehead atoms. The van der Waals surface area contributed by atoms with Gasteiger partial charge in [0.1, 0.15) is 18.1 Å². The van der Waals surface area contributed by atoms with Crippen LogP contribution < -0.4 is 19.7 Å². The number of hydrogen-bond acceptors (Lipinski definition) is 4. The topological polar surface area (TPSA) is 67.9 Å². The Morgan fingerprint density at radius 3 is 2.37 bits per heavy atom. The van der Waals surface area contributed by atoms with Gasteiger partial charge in [0.15, 0.2) is 0 Å². The first-order chi connectivity index (χ1) is 13.1. The number of ether oxygens (including phenoxy) is 2. The number of carbonyl (C=O) groups is 2. The molecule has 27 heavy (non-hydrogen) atoms. The Morgan fingerprint density at radius 1 is 1.11 bits per heavy atom. The number of hydrogen-bond donors (Lipinski definition) is 1. The largest absolute Gasteiger partial charge is 0.497 e. The highest BCUT2D eigenvalue weighted by Gasteiger charge is 2.21. The van der Waals surface area contributed by atoms with E-state index < -0.39 is 0 Å². The first-order valence-electron chi connectivity index (χ1n) is 9.05. The van der Waals surface area contributed by atoms with E-state index in [2.05, 4.69) is 5.32 Å². The molecule has 2 aromatic rings. The summed E-state index contributed by atoms with van der Waals surface area (Å²) in [4.78, 5) is 25.9. The van der Waals surface area contributed by atoms with E-state index in [1.165, 1.54) is 0 Å². The Morgan fingerprint density at radius 2 is 1.78 bits per heavy atom. The van der Waals surface area contributed by atoms with Gasteiger partial charge in [-0.25, -0.2) is 0 Å². The van der Waals surface area contributed by atoms with E-state index in [0.717, 1.165) is 30.2 Å². The van der Waals surface area contributed by atoms with E-state index >= 15 is 0 Å². The number of benzene rings is 2. The summed E-state index contributed by atoms with van der Waals surface area (Å²) in [7, 11) is 1.61. The molecular formula is C21H24N2O4. The van der Waals surface area contributed by atoms with Gasteiger partial charge >= 0.3 is 0 Å². The van der Waals surface area contributed by atoms with Crippen molar-refractivity contribution >= 4 is 17.5 Å². The van der Waals surface area contributed by atoms with Gasteiger partial charge in [-0.05, 0) is 61.9 Å². The summed E-state index contributed by atoms with van der Waals surface area (Å²) in [5.74, 6) is 1.45. The van der Waals surface area contributed by atoms with Crippen LogP contribution in [0.5, 0.6) is 11.5 Å². The first kappa shape index (κ1) is 18.8. The van der Waals surface area contributed by atoms with Crippen molar-refractivity contribution in [2.24, 2.45) is 0 Å². The van der Waals surface area contributed by atoms with Crippen molar-refractivity contribution in [1.82, 2.24) is 5.32 Å². The minimum absolute atomic E-state index is 0.136. The third-order valence-electron chi connectivity index (χ3n) is 4.45. The fraction of sp³-hybridized carbons (Fsp3) is 0.333. The number of rotatable bonds is 7. The zero-order valence-corrected chi connectivity index (χ0v) is 15.6. The smallest absolute Gasteiger partial charge is 0.251 e. The van der Waals surface area contributed by atoms with Crippen LogP contribution in [-0.4, -0.2) is 38.1 Å². The summed E-state index contributed by atoms with van der Waals surface area (Å²) >= 11 is 0.